The highest BCUT2D eigenvalue weighted by Gasteiger charge is 2.09. The fraction of sp³-hybridized carbons (Fsp3) is 0.700. The van der Waals surface area contributed by atoms with Gasteiger partial charge in [0.1, 0.15) is 5.76 Å². The number of aromatic nitrogens is 1. The van der Waals surface area contributed by atoms with Crippen LogP contribution in [0.2, 0.25) is 0 Å². The van der Waals surface area contributed by atoms with E-state index >= 15 is 0 Å². The summed E-state index contributed by atoms with van der Waals surface area (Å²) in [6.45, 7) is 7.42. The van der Waals surface area contributed by atoms with Crippen LogP contribution in [0, 0.1) is 5.92 Å². The molecule has 0 saturated heterocycles. The highest BCUT2D eigenvalue weighted by atomic mass is 16.5. The number of rotatable bonds is 5. The maximum Gasteiger partial charge on any atom is 0.150 e. The molecule has 0 spiro atoms. The second kappa shape index (κ2) is 5.02. The third-order valence-electron chi connectivity index (χ3n) is 2.59. The molecule has 13 heavy (non-hydrogen) atoms. The minimum Gasteiger partial charge on any atom is -0.360 e. The zero-order valence-electron chi connectivity index (χ0n) is 8.58. The standard InChI is InChI=1S/C10H18N2O/c1-4-8(2)9(3)11-7-10-5-6-12-13-10/h5-6,8-9,11H,4,7H2,1-3H3. The highest BCUT2D eigenvalue weighted by molar-refractivity contribution is 4.92. The third-order valence-corrected chi connectivity index (χ3v) is 2.59. The predicted molar refractivity (Wildman–Crippen MR) is 52.3 cm³/mol. The molecule has 0 aliphatic carbocycles. The van der Waals surface area contributed by atoms with Crippen molar-refractivity contribution in [2.45, 2.75) is 39.8 Å². The molecular formula is C10H18N2O. The van der Waals surface area contributed by atoms with E-state index in [1.807, 2.05) is 6.07 Å². The second-order valence-corrected chi connectivity index (χ2v) is 3.53. The molecule has 1 rings (SSSR count). The first-order valence-electron chi connectivity index (χ1n) is 4.87. The average Bonchev–Trinajstić information content (AvgIpc) is 2.65. The molecular weight excluding hydrogens is 164 g/mol. The molecule has 0 bridgehead atoms. The van der Waals surface area contributed by atoms with Crippen LogP contribution in [-0.2, 0) is 6.54 Å². The van der Waals surface area contributed by atoms with E-state index in [2.05, 4.69) is 31.2 Å². The van der Waals surface area contributed by atoms with Gasteiger partial charge in [-0.2, -0.15) is 0 Å². The Kier molecular flexibility index (Phi) is 3.96. The van der Waals surface area contributed by atoms with E-state index in [1.165, 1.54) is 6.42 Å². The molecule has 1 aromatic rings. The van der Waals surface area contributed by atoms with Gasteiger partial charge in [0.2, 0.25) is 0 Å². The lowest BCUT2D eigenvalue weighted by Gasteiger charge is -2.18. The molecule has 2 atom stereocenters. The van der Waals surface area contributed by atoms with Crippen LogP contribution >= 0.6 is 0 Å². The second-order valence-electron chi connectivity index (χ2n) is 3.53. The van der Waals surface area contributed by atoms with Gasteiger partial charge in [0.15, 0.2) is 0 Å². The van der Waals surface area contributed by atoms with Crippen molar-refractivity contribution < 1.29 is 4.52 Å². The Balaban J connectivity index is 2.26. The van der Waals surface area contributed by atoms with Gasteiger partial charge in [-0.1, -0.05) is 25.4 Å². The smallest absolute Gasteiger partial charge is 0.150 e. The van der Waals surface area contributed by atoms with Crippen molar-refractivity contribution >= 4 is 0 Å². The van der Waals surface area contributed by atoms with Crippen molar-refractivity contribution in [2.24, 2.45) is 5.92 Å². The summed E-state index contributed by atoms with van der Waals surface area (Å²) in [4.78, 5) is 0. The van der Waals surface area contributed by atoms with Crippen LogP contribution in [-0.4, -0.2) is 11.2 Å². The SMILES string of the molecule is CCC(C)C(C)NCc1ccno1. The summed E-state index contributed by atoms with van der Waals surface area (Å²) in [7, 11) is 0. The van der Waals surface area contributed by atoms with E-state index in [4.69, 9.17) is 4.52 Å². The average molecular weight is 182 g/mol. The molecule has 3 heteroatoms. The van der Waals surface area contributed by atoms with Crippen molar-refractivity contribution in [3.8, 4) is 0 Å². The lowest BCUT2D eigenvalue weighted by atomic mass is 10.0. The van der Waals surface area contributed by atoms with Crippen molar-refractivity contribution in [3.63, 3.8) is 0 Å². The normalized spacial score (nSPS) is 15.6. The lowest BCUT2D eigenvalue weighted by Crippen LogP contribution is -2.31. The zero-order chi connectivity index (χ0) is 9.68. The summed E-state index contributed by atoms with van der Waals surface area (Å²) in [5, 5.41) is 7.05. The fourth-order valence-corrected chi connectivity index (χ4v) is 1.15. The summed E-state index contributed by atoms with van der Waals surface area (Å²) >= 11 is 0. The van der Waals surface area contributed by atoms with Gasteiger partial charge in [-0.3, -0.25) is 0 Å². The molecule has 0 fully saturated rings. The third kappa shape index (κ3) is 3.19. The maximum absolute atomic E-state index is 4.98. The topological polar surface area (TPSA) is 38.1 Å². The van der Waals surface area contributed by atoms with E-state index in [0.717, 1.165) is 12.3 Å². The van der Waals surface area contributed by atoms with Crippen LogP contribution in [0.1, 0.15) is 33.0 Å². The minimum absolute atomic E-state index is 0.523. The molecule has 1 heterocycles. The Morgan fingerprint density at radius 2 is 2.31 bits per heavy atom. The van der Waals surface area contributed by atoms with E-state index in [1.54, 1.807) is 6.20 Å². The van der Waals surface area contributed by atoms with Crippen LogP contribution in [0.5, 0.6) is 0 Å². The Hall–Kier alpha value is -0.830. The first-order valence-corrected chi connectivity index (χ1v) is 4.87. The molecule has 1 aromatic heterocycles. The number of hydrogen-bond donors (Lipinski definition) is 1. The molecule has 0 aliphatic rings. The van der Waals surface area contributed by atoms with Crippen LogP contribution in [0.15, 0.2) is 16.8 Å². The summed E-state index contributed by atoms with van der Waals surface area (Å²) < 4.78 is 4.98. The number of nitrogens with one attached hydrogen (secondary N) is 1. The van der Waals surface area contributed by atoms with E-state index in [0.29, 0.717) is 12.0 Å². The maximum atomic E-state index is 4.98. The van der Waals surface area contributed by atoms with Crippen LogP contribution < -0.4 is 5.32 Å². The van der Waals surface area contributed by atoms with Gasteiger partial charge in [0.05, 0.1) is 12.7 Å². The van der Waals surface area contributed by atoms with Crippen LogP contribution in [0.25, 0.3) is 0 Å². The summed E-state index contributed by atoms with van der Waals surface area (Å²) in [6, 6.07) is 2.41. The summed E-state index contributed by atoms with van der Waals surface area (Å²) in [6.07, 6.45) is 2.87. The van der Waals surface area contributed by atoms with Gasteiger partial charge in [-0.25, -0.2) is 0 Å². The van der Waals surface area contributed by atoms with Gasteiger partial charge in [0, 0.05) is 12.1 Å². The van der Waals surface area contributed by atoms with E-state index < -0.39 is 0 Å². The highest BCUT2D eigenvalue weighted by Crippen LogP contribution is 2.07. The zero-order valence-corrected chi connectivity index (χ0v) is 8.58. The van der Waals surface area contributed by atoms with Crippen LogP contribution in [0.3, 0.4) is 0 Å². The Morgan fingerprint density at radius 1 is 1.54 bits per heavy atom. The van der Waals surface area contributed by atoms with Crippen molar-refractivity contribution in [2.75, 3.05) is 0 Å². The van der Waals surface area contributed by atoms with Gasteiger partial charge in [0.25, 0.3) is 0 Å². The van der Waals surface area contributed by atoms with Gasteiger partial charge >= 0.3 is 0 Å². The molecule has 0 radical (unpaired) electrons. The molecule has 0 aromatic carbocycles. The summed E-state index contributed by atoms with van der Waals surface area (Å²) in [5.74, 6) is 1.60. The Bertz CT molecular complexity index is 221. The van der Waals surface area contributed by atoms with Gasteiger partial charge < -0.3 is 9.84 Å². The molecule has 0 amide bonds. The monoisotopic (exact) mass is 182 g/mol. The molecule has 0 aliphatic heterocycles. The molecule has 3 nitrogen and oxygen atoms in total. The first-order chi connectivity index (χ1) is 6.24. The molecule has 2 unspecified atom stereocenters. The summed E-state index contributed by atoms with van der Waals surface area (Å²) in [5.41, 5.74) is 0. The van der Waals surface area contributed by atoms with Crippen molar-refractivity contribution in [1.82, 2.24) is 10.5 Å². The van der Waals surface area contributed by atoms with Gasteiger partial charge in [-0.05, 0) is 12.8 Å². The largest absolute Gasteiger partial charge is 0.360 e. The Labute approximate surface area is 79.5 Å². The molecule has 0 saturated carbocycles. The van der Waals surface area contributed by atoms with Crippen molar-refractivity contribution in [3.05, 3.63) is 18.0 Å². The van der Waals surface area contributed by atoms with E-state index in [9.17, 15) is 0 Å². The Morgan fingerprint density at radius 3 is 2.85 bits per heavy atom. The lowest BCUT2D eigenvalue weighted by molar-refractivity contribution is 0.338. The minimum atomic E-state index is 0.523. The fourth-order valence-electron chi connectivity index (χ4n) is 1.15. The van der Waals surface area contributed by atoms with Crippen LogP contribution in [0.4, 0.5) is 0 Å². The molecule has 1 N–H and O–H groups in total. The quantitative estimate of drug-likeness (QED) is 0.758. The van der Waals surface area contributed by atoms with E-state index in [-0.39, 0.29) is 0 Å². The number of hydrogen-bond acceptors (Lipinski definition) is 3. The predicted octanol–water partition coefficient (Wildman–Crippen LogP) is 2.20. The van der Waals surface area contributed by atoms with Gasteiger partial charge in [-0.15, -0.1) is 0 Å². The molecule has 74 valence electrons. The number of nitrogens with zero attached hydrogens (tertiary/aromatic N) is 1. The first kappa shape index (κ1) is 10.3. The van der Waals surface area contributed by atoms with Crippen molar-refractivity contribution in [1.29, 1.82) is 0 Å².